The van der Waals surface area contributed by atoms with Crippen molar-refractivity contribution < 1.29 is 22.7 Å². The summed E-state index contributed by atoms with van der Waals surface area (Å²) in [5.41, 5.74) is -0.640. The summed E-state index contributed by atoms with van der Waals surface area (Å²) in [4.78, 5) is 15.1. The number of alkyl halides is 2. The topological polar surface area (TPSA) is 52.3 Å². The number of nitrogens with zero attached hydrogens (tertiary/aromatic N) is 1. The number of ether oxygens (including phenoxy) is 1. The molecule has 0 bridgehead atoms. The molecule has 0 N–H and O–H groups in total. The van der Waals surface area contributed by atoms with Crippen LogP contribution < -0.4 is 0 Å². The van der Waals surface area contributed by atoms with E-state index in [-0.39, 0.29) is 18.4 Å². The van der Waals surface area contributed by atoms with Crippen molar-refractivity contribution in [1.82, 2.24) is 4.98 Å². The average molecular weight is 247 g/mol. The fraction of sp³-hybridized carbons (Fsp3) is 0.636. The first-order chi connectivity index (χ1) is 8.01. The fourth-order valence-electron chi connectivity index (χ4n) is 1.23. The van der Waals surface area contributed by atoms with Crippen LogP contribution in [-0.4, -0.2) is 17.6 Å². The molecule has 1 aromatic heterocycles. The van der Waals surface area contributed by atoms with E-state index in [1.165, 1.54) is 0 Å². The van der Waals surface area contributed by atoms with Gasteiger partial charge in [0.05, 0.1) is 6.61 Å². The van der Waals surface area contributed by atoms with Gasteiger partial charge in [0, 0.05) is 5.92 Å². The van der Waals surface area contributed by atoms with Gasteiger partial charge in [-0.15, -0.1) is 0 Å². The summed E-state index contributed by atoms with van der Waals surface area (Å²) in [5, 5.41) is 0. The lowest BCUT2D eigenvalue weighted by molar-refractivity contribution is 0.0473. The van der Waals surface area contributed by atoms with E-state index in [9.17, 15) is 13.6 Å². The molecule has 0 fully saturated rings. The molecule has 0 saturated heterocycles. The van der Waals surface area contributed by atoms with Gasteiger partial charge in [-0.25, -0.2) is 18.6 Å². The Balaban J connectivity index is 3.09. The van der Waals surface area contributed by atoms with Crippen LogP contribution in [0.3, 0.4) is 0 Å². The molecule has 17 heavy (non-hydrogen) atoms. The molecule has 0 spiro atoms. The lowest BCUT2D eigenvalue weighted by Gasteiger charge is -2.01. The summed E-state index contributed by atoms with van der Waals surface area (Å²) in [6.45, 7) is 5.35. The zero-order chi connectivity index (χ0) is 13.0. The number of carbonyl (C=O) groups excluding carboxylic acids is 1. The largest absolute Gasteiger partial charge is 0.460 e. The maximum absolute atomic E-state index is 12.7. The van der Waals surface area contributed by atoms with Gasteiger partial charge in [0.25, 0.3) is 6.43 Å². The third-order valence-electron chi connectivity index (χ3n) is 2.37. The lowest BCUT2D eigenvalue weighted by atomic mass is 10.1. The zero-order valence-corrected chi connectivity index (χ0v) is 10.00. The van der Waals surface area contributed by atoms with E-state index >= 15 is 0 Å². The van der Waals surface area contributed by atoms with E-state index in [0.29, 0.717) is 6.42 Å². The average Bonchev–Trinajstić information content (AvgIpc) is 2.73. The van der Waals surface area contributed by atoms with Gasteiger partial charge >= 0.3 is 5.97 Å². The molecular weight excluding hydrogens is 232 g/mol. The van der Waals surface area contributed by atoms with Crippen LogP contribution in [0.25, 0.3) is 0 Å². The van der Waals surface area contributed by atoms with Gasteiger partial charge in [0.1, 0.15) is 0 Å². The number of esters is 1. The Hall–Kier alpha value is -1.46. The Morgan fingerprint density at radius 3 is 2.59 bits per heavy atom. The van der Waals surface area contributed by atoms with Crippen molar-refractivity contribution >= 4 is 5.97 Å². The standard InChI is InChI=1S/C11H15F2NO3/c1-4-6(3)10-14-7(9(12)13)8(17-10)11(15)16-5-2/h6,9H,4-5H2,1-3H3. The predicted molar refractivity (Wildman–Crippen MR) is 56.1 cm³/mol. The highest BCUT2D eigenvalue weighted by atomic mass is 19.3. The summed E-state index contributed by atoms with van der Waals surface area (Å²) >= 11 is 0. The highest BCUT2D eigenvalue weighted by Crippen LogP contribution is 2.28. The number of halogens is 2. The first-order valence-electron chi connectivity index (χ1n) is 5.47. The smallest absolute Gasteiger partial charge is 0.376 e. The number of rotatable bonds is 5. The highest BCUT2D eigenvalue weighted by molar-refractivity contribution is 5.87. The maximum Gasteiger partial charge on any atom is 0.376 e. The van der Waals surface area contributed by atoms with Crippen molar-refractivity contribution in [2.24, 2.45) is 0 Å². The third-order valence-corrected chi connectivity index (χ3v) is 2.37. The molecule has 1 atom stereocenters. The number of hydrogen-bond donors (Lipinski definition) is 0. The molecule has 0 amide bonds. The van der Waals surface area contributed by atoms with Crippen LogP contribution in [0.4, 0.5) is 8.78 Å². The van der Waals surface area contributed by atoms with Gasteiger partial charge < -0.3 is 9.15 Å². The van der Waals surface area contributed by atoms with Crippen molar-refractivity contribution in [1.29, 1.82) is 0 Å². The molecule has 6 heteroatoms. The second-order valence-electron chi connectivity index (χ2n) is 3.60. The lowest BCUT2D eigenvalue weighted by Crippen LogP contribution is -2.06. The van der Waals surface area contributed by atoms with Crippen molar-refractivity contribution in [3.63, 3.8) is 0 Å². The van der Waals surface area contributed by atoms with Crippen molar-refractivity contribution in [3.8, 4) is 0 Å². The molecule has 4 nitrogen and oxygen atoms in total. The minimum Gasteiger partial charge on any atom is -0.460 e. The van der Waals surface area contributed by atoms with Crippen LogP contribution in [0, 0.1) is 0 Å². The van der Waals surface area contributed by atoms with Crippen molar-refractivity contribution in [2.75, 3.05) is 6.61 Å². The molecular formula is C11H15F2NO3. The first kappa shape index (κ1) is 13.6. The van der Waals surface area contributed by atoms with E-state index in [2.05, 4.69) is 9.72 Å². The van der Waals surface area contributed by atoms with Crippen LogP contribution in [-0.2, 0) is 4.74 Å². The summed E-state index contributed by atoms with van der Waals surface area (Å²) in [6, 6.07) is 0. The van der Waals surface area contributed by atoms with E-state index in [0.717, 1.165) is 0 Å². The molecule has 0 aliphatic rings. The van der Waals surface area contributed by atoms with Crippen LogP contribution >= 0.6 is 0 Å². The molecule has 96 valence electrons. The maximum atomic E-state index is 12.7. The Morgan fingerprint density at radius 1 is 1.47 bits per heavy atom. The number of hydrogen-bond acceptors (Lipinski definition) is 4. The summed E-state index contributed by atoms with van der Waals surface area (Å²) in [5.74, 6) is -1.36. The van der Waals surface area contributed by atoms with E-state index < -0.39 is 23.8 Å². The summed E-state index contributed by atoms with van der Waals surface area (Å²) < 4.78 is 35.1. The van der Waals surface area contributed by atoms with Crippen LogP contribution in [0.2, 0.25) is 0 Å². The van der Waals surface area contributed by atoms with E-state index in [1.54, 1.807) is 13.8 Å². The normalized spacial score (nSPS) is 12.8. The van der Waals surface area contributed by atoms with Gasteiger partial charge in [-0.3, -0.25) is 0 Å². The molecule has 1 aromatic rings. The van der Waals surface area contributed by atoms with Crippen LogP contribution in [0.15, 0.2) is 4.42 Å². The molecule has 0 saturated carbocycles. The number of carbonyl (C=O) groups is 1. The molecule has 0 radical (unpaired) electrons. The monoisotopic (exact) mass is 247 g/mol. The van der Waals surface area contributed by atoms with Gasteiger partial charge in [-0.2, -0.15) is 0 Å². The van der Waals surface area contributed by atoms with Crippen LogP contribution in [0.5, 0.6) is 0 Å². The second-order valence-corrected chi connectivity index (χ2v) is 3.60. The fourth-order valence-corrected chi connectivity index (χ4v) is 1.23. The Kier molecular flexibility index (Phi) is 4.60. The number of aromatic nitrogens is 1. The third kappa shape index (κ3) is 3.01. The Bertz CT molecular complexity index is 390. The van der Waals surface area contributed by atoms with E-state index in [4.69, 9.17) is 4.42 Å². The van der Waals surface area contributed by atoms with Gasteiger partial charge in [0.2, 0.25) is 5.76 Å². The molecule has 0 aliphatic carbocycles. The highest BCUT2D eigenvalue weighted by Gasteiger charge is 2.28. The number of oxazole rings is 1. The second kappa shape index (κ2) is 5.75. The Labute approximate surface area is 98.0 Å². The molecule has 1 unspecified atom stereocenters. The van der Waals surface area contributed by atoms with Gasteiger partial charge in [-0.1, -0.05) is 13.8 Å². The molecule has 0 aromatic carbocycles. The Morgan fingerprint density at radius 2 is 2.12 bits per heavy atom. The van der Waals surface area contributed by atoms with Crippen molar-refractivity contribution in [3.05, 3.63) is 17.3 Å². The molecule has 1 heterocycles. The SMILES string of the molecule is CCOC(=O)c1oc(C(C)CC)nc1C(F)F. The van der Waals surface area contributed by atoms with Crippen molar-refractivity contribution in [2.45, 2.75) is 39.5 Å². The summed E-state index contributed by atoms with van der Waals surface area (Å²) in [7, 11) is 0. The molecule has 0 aliphatic heterocycles. The quantitative estimate of drug-likeness (QED) is 0.749. The predicted octanol–water partition coefficient (Wildman–Crippen LogP) is 3.30. The minimum atomic E-state index is -2.85. The van der Waals surface area contributed by atoms with Crippen LogP contribution in [0.1, 0.15) is 61.7 Å². The van der Waals surface area contributed by atoms with Gasteiger partial charge in [-0.05, 0) is 13.3 Å². The summed E-state index contributed by atoms with van der Waals surface area (Å²) in [6.07, 6.45) is -2.16. The first-order valence-corrected chi connectivity index (χ1v) is 5.47. The minimum absolute atomic E-state index is 0.0981. The van der Waals surface area contributed by atoms with E-state index in [1.807, 2.05) is 6.92 Å². The molecule has 1 rings (SSSR count). The zero-order valence-electron chi connectivity index (χ0n) is 10.00. The van der Waals surface area contributed by atoms with Gasteiger partial charge in [0.15, 0.2) is 11.6 Å².